The first-order valence-electron chi connectivity index (χ1n) is 11.8. The zero-order valence-electron chi connectivity index (χ0n) is 20.4. The van der Waals surface area contributed by atoms with Crippen LogP contribution < -0.4 is 4.74 Å². The third kappa shape index (κ3) is 5.33. The van der Waals surface area contributed by atoms with Crippen LogP contribution in [0.1, 0.15) is 23.3 Å². The van der Waals surface area contributed by atoms with Crippen molar-refractivity contribution in [1.82, 2.24) is 19.8 Å². The van der Waals surface area contributed by atoms with Crippen molar-refractivity contribution in [3.8, 4) is 28.1 Å². The number of likely N-dealkylation sites (N-methyl/N-ethyl adjacent to an activating group) is 1. The van der Waals surface area contributed by atoms with Gasteiger partial charge in [0.2, 0.25) is 0 Å². The summed E-state index contributed by atoms with van der Waals surface area (Å²) in [6, 6.07) is 16.5. The monoisotopic (exact) mass is 522 g/mol. The van der Waals surface area contributed by atoms with E-state index < -0.39 is 11.7 Å². The summed E-state index contributed by atoms with van der Waals surface area (Å²) in [6.45, 7) is 2.99. The molecular formula is C29H29F3N4O2. The standard InChI is InChI=1S/C28H25F3N4O2.CH4/c1-34-10-12-35(13-11-34)27(36)21-5-3-4-20(14-21)26-22-15-18(6-8-24(22)32-17-33-26)19-7-9-25(37-2)23(16-19)28(29,30)31;/h3-9,14-17H,10-13H2,1-2H3;1H4. The molecule has 2 heterocycles. The summed E-state index contributed by atoms with van der Waals surface area (Å²) < 4.78 is 45.7. The molecule has 0 unspecified atom stereocenters. The van der Waals surface area contributed by atoms with Crippen LogP contribution in [0.5, 0.6) is 5.75 Å². The normalized spacial score (nSPS) is 14.3. The molecule has 0 bridgehead atoms. The molecule has 3 aromatic carbocycles. The number of aromatic nitrogens is 2. The van der Waals surface area contributed by atoms with Gasteiger partial charge in [-0.2, -0.15) is 13.2 Å². The smallest absolute Gasteiger partial charge is 0.419 e. The molecule has 1 fully saturated rings. The van der Waals surface area contributed by atoms with Crippen molar-refractivity contribution >= 4 is 16.8 Å². The minimum Gasteiger partial charge on any atom is -0.496 e. The third-order valence-electron chi connectivity index (χ3n) is 6.65. The molecule has 1 aliphatic heterocycles. The molecule has 1 aromatic heterocycles. The number of carbonyl (C=O) groups excluding carboxylic acids is 1. The van der Waals surface area contributed by atoms with E-state index in [1.165, 1.54) is 19.5 Å². The number of carbonyl (C=O) groups is 1. The van der Waals surface area contributed by atoms with Crippen molar-refractivity contribution < 1.29 is 22.7 Å². The van der Waals surface area contributed by atoms with Crippen LogP contribution >= 0.6 is 0 Å². The maximum atomic E-state index is 13.6. The largest absolute Gasteiger partial charge is 0.496 e. The topological polar surface area (TPSA) is 58.6 Å². The maximum Gasteiger partial charge on any atom is 0.419 e. The number of amides is 1. The van der Waals surface area contributed by atoms with Gasteiger partial charge >= 0.3 is 6.18 Å². The van der Waals surface area contributed by atoms with E-state index in [-0.39, 0.29) is 19.1 Å². The van der Waals surface area contributed by atoms with Crippen molar-refractivity contribution in [3.63, 3.8) is 0 Å². The third-order valence-corrected chi connectivity index (χ3v) is 6.65. The molecule has 1 aliphatic rings. The first kappa shape index (κ1) is 27.1. The summed E-state index contributed by atoms with van der Waals surface area (Å²) in [4.78, 5) is 26.0. The van der Waals surface area contributed by atoms with Crippen molar-refractivity contribution in [2.24, 2.45) is 0 Å². The molecule has 38 heavy (non-hydrogen) atoms. The van der Waals surface area contributed by atoms with Gasteiger partial charge in [0.1, 0.15) is 12.1 Å². The lowest BCUT2D eigenvalue weighted by molar-refractivity contribution is -0.138. The first-order chi connectivity index (χ1) is 17.7. The molecule has 1 amide bonds. The zero-order valence-corrected chi connectivity index (χ0v) is 20.4. The van der Waals surface area contributed by atoms with Gasteiger partial charge < -0.3 is 14.5 Å². The van der Waals surface area contributed by atoms with Crippen LogP contribution in [0.2, 0.25) is 0 Å². The fourth-order valence-electron chi connectivity index (χ4n) is 4.57. The average molecular weight is 523 g/mol. The Morgan fingerprint density at radius 1 is 0.895 bits per heavy atom. The SMILES string of the molecule is C.COc1ccc(-c2ccc3ncnc(-c4cccc(C(=O)N5CCN(C)CC5)c4)c3c2)cc1C(F)(F)F. The van der Waals surface area contributed by atoms with Crippen molar-refractivity contribution in [1.29, 1.82) is 0 Å². The lowest BCUT2D eigenvalue weighted by atomic mass is 9.98. The van der Waals surface area contributed by atoms with E-state index in [1.807, 2.05) is 30.1 Å². The van der Waals surface area contributed by atoms with Gasteiger partial charge in [0, 0.05) is 42.7 Å². The van der Waals surface area contributed by atoms with Gasteiger partial charge in [0.05, 0.1) is 23.9 Å². The molecule has 9 heteroatoms. The summed E-state index contributed by atoms with van der Waals surface area (Å²) >= 11 is 0. The van der Waals surface area contributed by atoms with E-state index in [4.69, 9.17) is 4.74 Å². The van der Waals surface area contributed by atoms with Gasteiger partial charge in [-0.25, -0.2) is 9.97 Å². The molecule has 0 radical (unpaired) electrons. The average Bonchev–Trinajstić information content (AvgIpc) is 2.91. The van der Waals surface area contributed by atoms with Crippen LogP contribution in [-0.4, -0.2) is 66.0 Å². The predicted octanol–water partition coefficient (Wildman–Crippen LogP) is 6.01. The second-order valence-electron chi connectivity index (χ2n) is 9.04. The van der Waals surface area contributed by atoms with E-state index >= 15 is 0 Å². The van der Waals surface area contributed by atoms with Crippen LogP contribution in [0.15, 0.2) is 67.0 Å². The molecule has 1 saturated heterocycles. The molecule has 0 spiro atoms. The lowest BCUT2D eigenvalue weighted by Crippen LogP contribution is -2.47. The number of benzene rings is 3. The van der Waals surface area contributed by atoms with Gasteiger partial charge in [0.15, 0.2) is 0 Å². The summed E-state index contributed by atoms with van der Waals surface area (Å²) in [5.41, 5.74) is 2.68. The Hall–Kier alpha value is -3.98. The minimum atomic E-state index is -4.55. The number of methoxy groups -OCH3 is 1. The van der Waals surface area contributed by atoms with Crippen LogP contribution in [0.25, 0.3) is 33.3 Å². The molecule has 198 valence electrons. The Labute approximate surface area is 219 Å². The van der Waals surface area contributed by atoms with E-state index in [2.05, 4.69) is 14.9 Å². The number of rotatable bonds is 4. The fraction of sp³-hybridized carbons (Fsp3) is 0.276. The summed E-state index contributed by atoms with van der Waals surface area (Å²) in [5.74, 6) is -0.269. The highest BCUT2D eigenvalue weighted by Crippen LogP contribution is 2.39. The second kappa shape index (κ2) is 10.8. The van der Waals surface area contributed by atoms with E-state index in [0.29, 0.717) is 46.4 Å². The number of ether oxygens (including phenoxy) is 1. The quantitative estimate of drug-likeness (QED) is 0.328. The van der Waals surface area contributed by atoms with Gasteiger partial charge in [0.25, 0.3) is 5.91 Å². The number of fused-ring (bicyclic) bond motifs is 1. The number of hydrogen-bond acceptors (Lipinski definition) is 5. The number of alkyl halides is 3. The lowest BCUT2D eigenvalue weighted by Gasteiger charge is -2.32. The van der Waals surface area contributed by atoms with E-state index in [1.54, 1.807) is 30.3 Å². The second-order valence-corrected chi connectivity index (χ2v) is 9.04. The van der Waals surface area contributed by atoms with Crippen molar-refractivity contribution in [3.05, 3.63) is 78.1 Å². The summed E-state index contributed by atoms with van der Waals surface area (Å²) in [6.07, 6.45) is -3.11. The molecule has 4 aromatic rings. The highest BCUT2D eigenvalue weighted by molar-refractivity contribution is 5.98. The highest BCUT2D eigenvalue weighted by atomic mass is 19.4. The van der Waals surface area contributed by atoms with Crippen LogP contribution in [-0.2, 0) is 6.18 Å². The molecule has 0 N–H and O–H groups in total. The Bertz CT molecular complexity index is 1460. The highest BCUT2D eigenvalue weighted by Gasteiger charge is 2.34. The van der Waals surface area contributed by atoms with Crippen LogP contribution in [0.4, 0.5) is 13.2 Å². The van der Waals surface area contributed by atoms with Crippen molar-refractivity contribution in [2.75, 3.05) is 40.3 Å². The fourth-order valence-corrected chi connectivity index (χ4v) is 4.57. The van der Waals surface area contributed by atoms with Crippen LogP contribution in [0.3, 0.4) is 0 Å². The molecule has 0 saturated carbocycles. The van der Waals surface area contributed by atoms with E-state index in [0.717, 1.165) is 24.7 Å². The summed E-state index contributed by atoms with van der Waals surface area (Å²) in [7, 11) is 3.25. The molecule has 5 rings (SSSR count). The molecular weight excluding hydrogens is 493 g/mol. The van der Waals surface area contributed by atoms with Gasteiger partial charge in [-0.3, -0.25) is 4.79 Å². The van der Waals surface area contributed by atoms with Gasteiger partial charge in [-0.1, -0.05) is 31.7 Å². The maximum absolute atomic E-state index is 13.6. The number of nitrogens with zero attached hydrogens (tertiary/aromatic N) is 4. The van der Waals surface area contributed by atoms with Gasteiger partial charge in [-0.05, 0) is 54.6 Å². The predicted molar refractivity (Wildman–Crippen MR) is 142 cm³/mol. The number of halogens is 3. The Morgan fingerprint density at radius 2 is 1.61 bits per heavy atom. The number of piperazine rings is 1. The van der Waals surface area contributed by atoms with Gasteiger partial charge in [-0.15, -0.1) is 0 Å². The summed E-state index contributed by atoms with van der Waals surface area (Å²) in [5, 5.41) is 0.675. The number of hydrogen-bond donors (Lipinski definition) is 0. The van der Waals surface area contributed by atoms with Crippen molar-refractivity contribution in [2.45, 2.75) is 13.6 Å². The first-order valence-corrected chi connectivity index (χ1v) is 11.8. The Balaban J connectivity index is 0.00000336. The zero-order chi connectivity index (χ0) is 26.2. The Kier molecular flexibility index (Phi) is 7.68. The van der Waals surface area contributed by atoms with Crippen LogP contribution in [0, 0.1) is 0 Å². The molecule has 6 nitrogen and oxygen atoms in total. The van der Waals surface area contributed by atoms with E-state index in [9.17, 15) is 18.0 Å². The minimum absolute atomic E-state index is 0. The molecule has 0 aliphatic carbocycles. The Morgan fingerprint density at radius 3 is 2.32 bits per heavy atom. The molecule has 0 atom stereocenters.